The Hall–Kier alpha value is -1.44. The van der Waals surface area contributed by atoms with Crippen molar-refractivity contribution in [1.29, 1.82) is 0 Å². The quantitative estimate of drug-likeness (QED) is 0.719. The Bertz CT molecular complexity index is 569. The number of H-pyrrole nitrogens is 1. The number of aliphatic hydroxyl groups is 1. The van der Waals surface area contributed by atoms with Crippen LogP contribution in [0.4, 0.5) is 0 Å². The molecule has 0 unspecified atom stereocenters. The lowest BCUT2D eigenvalue weighted by molar-refractivity contribution is -0.0517. The highest BCUT2D eigenvalue weighted by molar-refractivity contribution is 5.03. The molecule has 7 heteroatoms. The Labute approximate surface area is 104 Å². The fourth-order valence-electron chi connectivity index (χ4n) is 1.97. The fraction of sp³-hybridized carbons (Fsp3) is 0.636. The molecule has 1 aromatic heterocycles. The summed E-state index contributed by atoms with van der Waals surface area (Å²) >= 11 is 0. The van der Waals surface area contributed by atoms with Crippen molar-refractivity contribution in [2.75, 3.05) is 7.11 Å². The van der Waals surface area contributed by atoms with E-state index >= 15 is 0 Å². The molecule has 0 aromatic carbocycles. The van der Waals surface area contributed by atoms with E-state index in [1.165, 1.54) is 17.9 Å². The summed E-state index contributed by atoms with van der Waals surface area (Å²) in [7, 11) is 1.39. The van der Waals surface area contributed by atoms with Gasteiger partial charge < -0.3 is 14.6 Å². The number of aryl methyl sites for hydroxylation is 1. The highest BCUT2D eigenvalue weighted by Gasteiger charge is 2.43. The van der Waals surface area contributed by atoms with Gasteiger partial charge in [-0.3, -0.25) is 14.3 Å². The number of hydrogen-bond donors (Lipinski definition) is 2. The van der Waals surface area contributed by atoms with Crippen molar-refractivity contribution in [1.82, 2.24) is 9.55 Å². The molecular formula is C11H16N2O5. The zero-order chi connectivity index (χ0) is 14.2. The van der Waals surface area contributed by atoms with Gasteiger partial charge in [-0.15, -0.1) is 0 Å². The van der Waals surface area contributed by atoms with Crippen LogP contribution in [-0.2, 0) is 9.47 Å². The third-order valence-electron chi connectivity index (χ3n) is 3.00. The summed E-state index contributed by atoms with van der Waals surface area (Å²) < 4.78 is 19.1. The highest BCUT2D eigenvalue weighted by Crippen LogP contribution is 2.29. The monoisotopic (exact) mass is 257 g/mol. The number of hydrogen-bond acceptors (Lipinski definition) is 5. The van der Waals surface area contributed by atoms with Gasteiger partial charge in [0.2, 0.25) is 0 Å². The molecule has 1 aliphatic rings. The average molecular weight is 257 g/mol. The first-order valence-corrected chi connectivity index (χ1v) is 5.47. The maximum atomic E-state index is 11.8. The van der Waals surface area contributed by atoms with Crippen LogP contribution < -0.4 is 11.2 Å². The molecule has 100 valence electrons. The summed E-state index contributed by atoms with van der Waals surface area (Å²) in [5, 5.41) is 9.94. The maximum absolute atomic E-state index is 11.8. The minimum Gasteiger partial charge on any atom is -0.388 e. The van der Waals surface area contributed by atoms with Crippen molar-refractivity contribution in [3.63, 3.8) is 0 Å². The number of rotatable bonds is 2. The summed E-state index contributed by atoms with van der Waals surface area (Å²) in [5.74, 6) is 0. The smallest absolute Gasteiger partial charge is 0.330 e. The van der Waals surface area contributed by atoms with Crippen LogP contribution in [0.3, 0.4) is 0 Å². The second-order valence-electron chi connectivity index (χ2n) is 4.23. The summed E-state index contributed by atoms with van der Waals surface area (Å²) in [6.07, 6.45) is -1.99. The number of aliphatic hydroxyl groups excluding tert-OH is 1. The molecule has 1 fully saturated rings. The number of methoxy groups -OCH3 is 1. The van der Waals surface area contributed by atoms with Crippen molar-refractivity contribution >= 4 is 0 Å². The largest absolute Gasteiger partial charge is 0.388 e. The van der Waals surface area contributed by atoms with Gasteiger partial charge in [-0.25, -0.2) is 4.79 Å². The van der Waals surface area contributed by atoms with Gasteiger partial charge in [-0.1, -0.05) is 0 Å². The molecule has 4 atom stereocenters. The molecule has 1 aliphatic heterocycles. The predicted octanol–water partition coefficient (Wildman–Crippen LogP) is -0.862. The summed E-state index contributed by atoms with van der Waals surface area (Å²) in [6.45, 7) is 1.42. The second kappa shape index (κ2) is 4.68. The third kappa shape index (κ3) is 2.00. The summed E-state index contributed by atoms with van der Waals surface area (Å²) in [5.41, 5.74) is -0.756. The summed E-state index contributed by atoms with van der Waals surface area (Å²) in [6, 6.07) is 0. The van der Waals surface area contributed by atoms with E-state index < -0.39 is 35.8 Å². The van der Waals surface area contributed by atoms with Crippen LogP contribution in [0.15, 0.2) is 15.8 Å². The van der Waals surface area contributed by atoms with Gasteiger partial charge in [0.05, 0.1) is 6.10 Å². The van der Waals surface area contributed by atoms with E-state index in [0.29, 0.717) is 5.56 Å². The van der Waals surface area contributed by atoms with E-state index in [-0.39, 0.29) is 6.90 Å². The minimum atomic E-state index is -0.994. The molecule has 0 saturated carbocycles. The SMILES string of the molecule is [2H]C[C@H]1O[C@@H](n2cc(C)c(=O)[nH]c2=O)[C@H](OC)[C@@H]1O. The van der Waals surface area contributed by atoms with Crippen molar-refractivity contribution in [2.24, 2.45) is 0 Å². The van der Waals surface area contributed by atoms with E-state index in [4.69, 9.17) is 10.8 Å². The minimum absolute atomic E-state index is 0.144. The maximum Gasteiger partial charge on any atom is 0.330 e. The first-order valence-electron chi connectivity index (χ1n) is 6.18. The molecule has 7 nitrogen and oxygen atoms in total. The van der Waals surface area contributed by atoms with Gasteiger partial charge in [0.15, 0.2) is 6.23 Å². The first kappa shape index (κ1) is 11.6. The Morgan fingerprint density at radius 2 is 2.33 bits per heavy atom. The van der Waals surface area contributed by atoms with Crippen LogP contribution in [0.5, 0.6) is 0 Å². The number of nitrogens with zero attached hydrogens (tertiary/aromatic N) is 1. The molecular weight excluding hydrogens is 240 g/mol. The first-order chi connectivity index (χ1) is 8.99. The van der Waals surface area contributed by atoms with Crippen molar-refractivity contribution < 1.29 is 16.0 Å². The number of nitrogens with one attached hydrogen (secondary N) is 1. The molecule has 18 heavy (non-hydrogen) atoms. The number of ether oxygens (including phenoxy) is 2. The van der Waals surface area contributed by atoms with Crippen LogP contribution >= 0.6 is 0 Å². The molecule has 0 bridgehead atoms. The Kier molecular flexibility index (Phi) is 3.02. The molecule has 2 rings (SSSR count). The predicted molar refractivity (Wildman–Crippen MR) is 62.4 cm³/mol. The van der Waals surface area contributed by atoms with E-state index in [0.717, 1.165) is 0 Å². The van der Waals surface area contributed by atoms with Crippen molar-refractivity contribution in [3.05, 3.63) is 32.6 Å². The normalized spacial score (nSPS) is 32.5. The van der Waals surface area contributed by atoms with E-state index in [1.807, 2.05) is 0 Å². The molecule has 0 radical (unpaired) electrons. The van der Waals surface area contributed by atoms with E-state index in [9.17, 15) is 14.7 Å². The Morgan fingerprint density at radius 3 is 2.94 bits per heavy atom. The number of aromatic nitrogens is 2. The Balaban J connectivity index is 2.44. The van der Waals surface area contributed by atoms with Gasteiger partial charge in [-0.05, 0) is 13.8 Å². The van der Waals surface area contributed by atoms with Gasteiger partial charge in [0.25, 0.3) is 5.56 Å². The van der Waals surface area contributed by atoms with E-state index in [1.54, 1.807) is 6.92 Å². The number of aromatic amines is 1. The molecule has 0 amide bonds. The zero-order valence-electron chi connectivity index (χ0n) is 11.1. The van der Waals surface area contributed by atoms with Crippen molar-refractivity contribution in [3.8, 4) is 0 Å². The van der Waals surface area contributed by atoms with Crippen LogP contribution in [0.25, 0.3) is 0 Å². The molecule has 1 aromatic rings. The van der Waals surface area contributed by atoms with Gasteiger partial charge >= 0.3 is 5.69 Å². The van der Waals surface area contributed by atoms with Gasteiger partial charge in [-0.2, -0.15) is 0 Å². The zero-order valence-corrected chi connectivity index (χ0v) is 10.1. The second-order valence-corrected chi connectivity index (χ2v) is 4.23. The lowest BCUT2D eigenvalue weighted by Gasteiger charge is -2.20. The average Bonchev–Trinajstić information content (AvgIpc) is 2.70. The molecule has 1 saturated heterocycles. The molecule has 2 heterocycles. The molecule has 0 aliphatic carbocycles. The van der Waals surface area contributed by atoms with Crippen LogP contribution in [0.1, 0.15) is 20.1 Å². The third-order valence-corrected chi connectivity index (χ3v) is 3.00. The highest BCUT2D eigenvalue weighted by atomic mass is 16.6. The van der Waals surface area contributed by atoms with Crippen molar-refractivity contribution in [2.45, 2.75) is 38.4 Å². The van der Waals surface area contributed by atoms with E-state index in [2.05, 4.69) is 4.98 Å². The standard InChI is InChI=1S/C11H16N2O5/c1-5-4-13(11(16)12-9(5)15)10-8(17-3)7(14)6(2)18-10/h4,6-8,10,14H,1-3H3,(H,12,15,16)/t6-,7-,8-,10-/m1/s1/i2D. The van der Waals surface area contributed by atoms with Gasteiger partial charge in [0.1, 0.15) is 12.2 Å². The molecule has 2 N–H and O–H groups in total. The molecule has 0 spiro atoms. The van der Waals surface area contributed by atoms with Gasteiger partial charge in [0, 0.05) is 20.2 Å². The van der Waals surface area contributed by atoms with Crippen LogP contribution in [0, 0.1) is 6.92 Å². The fourth-order valence-corrected chi connectivity index (χ4v) is 1.97. The van der Waals surface area contributed by atoms with Crippen LogP contribution in [0.2, 0.25) is 0 Å². The lowest BCUT2D eigenvalue weighted by atomic mass is 10.1. The Morgan fingerprint density at radius 1 is 1.61 bits per heavy atom. The van der Waals surface area contributed by atoms with Crippen LogP contribution in [-0.4, -0.2) is 40.1 Å². The summed E-state index contributed by atoms with van der Waals surface area (Å²) in [4.78, 5) is 25.3. The topological polar surface area (TPSA) is 93.6 Å². The lowest BCUT2D eigenvalue weighted by Crippen LogP contribution is -2.39.